The summed E-state index contributed by atoms with van der Waals surface area (Å²) in [5, 5.41) is 0. The highest BCUT2D eigenvalue weighted by molar-refractivity contribution is 7.98. The Kier molecular flexibility index (Phi) is 3.22. The molecule has 3 heteroatoms. The smallest absolute Gasteiger partial charge is 0.123 e. The van der Waals surface area contributed by atoms with Crippen LogP contribution in [0.1, 0.15) is 29.2 Å². The van der Waals surface area contributed by atoms with Gasteiger partial charge in [-0.25, -0.2) is 0 Å². The van der Waals surface area contributed by atoms with Crippen molar-refractivity contribution in [2.45, 2.75) is 25.1 Å². The Balaban J connectivity index is 2.55. The molecule has 1 heterocycles. The maximum Gasteiger partial charge on any atom is 0.123 e. The SMILES string of the molecule is COc1ccc(C)c2c1CSCC[C@@H]2N. The molecular formula is C12H17NOS. The third kappa shape index (κ3) is 1.99. The van der Waals surface area contributed by atoms with Gasteiger partial charge in [-0.2, -0.15) is 11.8 Å². The highest BCUT2D eigenvalue weighted by Gasteiger charge is 2.20. The molecule has 0 bridgehead atoms. The Morgan fingerprint density at radius 1 is 1.47 bits per heavy atom. The highest BCUT2D eigenvalue weighted by Crippen LogP contribution is 2.36. The summed E-state index contributed by atoms with van der Waals surface area (Å²) in [4.78, 5) is 0. The van der Waals surface area contributed by atoms with E-state index >= 15 is 0 Å². The second-order valence-electron chi connectivity index (χ2n) is 3.92. The molecule has 2 N–H and O–H groups in total. The predicted molar refractivity (Wildman–Crippen MR) is 65.4 cm³/mol. The first-order chi connectivity index (χ1) is 7.24. The molecule has 15 heavy (non-hydrogen) atoms. The summed E-state index contributed by atoms with van der Waals surface area (Å²) in [5.41, 5.74) is 10.1. The molecule has 0 radical (unpaired) electrons. The second kappa shape index (κ2) is 4.45. The first kappa shape index (κ1) is 10.8. The Hall–Kier alpha value is -0.670. The van der Waals surface area contributed by atoms with Crippen LogP contribution in [0.25, 0.3) is 0 Å². The quantitative estimate of drug-likeness (QED) is 0.795. The highest BCUT2D eigenvalue weighted by atomic mass is 32.2. The van der Waals surface area contributed by atoms with E-state index < -0.39 is 0 Å². The normalized spacial score (nSPS) is 20.6. The van der Waals surface area contributed by atoms with Crippen LogP contribution >= 0.6 is 11.8 Å². The third-order valence-electron chi connectivity index (χ3n) is 2.94. The molecule has 0 aromatic heterocycles. The van der Waals surface area contributed by atoms with Crippen molar-refractivity contribution in [2.24, 2.45) is 5.73 Å². The molecule has 0 amide bonds. The molecular weight excluding hydrogens is 206 g/mol. The number of rotatable bonds is 1. The van der Waals surface area contributed by atoms with Gasteiger partial charge in [0.15, 0.2) is 0 Å². The van der Waals surface area contributed by atoms with Crippen LogP contribution in [0.2, 0.25) is 0 Å². The maximum atomic E-state index is 6.20. The summed E-state index contributed by atoms with van der Waals surface area (Å²) in [6.45, 7) is 2.13. The largest absolute Gasteiger partial charge is 0.496 e. The number of methoxy groups -OCH3 is 1. The zero-order valence-electron chi connectivity index (χ0n) is 9.25. The average Bonchev–Trinajstić information content (AvgIpc) is 2.42. The summed E-state index contributed by atoms with van der Waals surface area (Å²) in [6, 6.07) is 4.32. The van der Waals surface area contributed by atoms with E-state index in [-0.39, 0.29) is 6.04 Å². The molecule has 0 fully saturated rings. The number of benzene rings is 1. The molecule has 0 unspecified atom stereocenters. The van der Waals surface area contributed by atoms with Gasteiger partial charge in [0.05, 0.1) is 7.11 Å². The molecule has 0 aliphatic carbocycles. The van der Waals surface area contributed by atoms with Crippen LogP contribution in [-0.4, -0.2) is 12.9 Å². The number of hydrogen-bond acceptors (Lipinski definition) is 3. The lowest BCUT2D eigenvalue weighted by Gasteiger charge is -2.17. The lowest BCUT2D eigenvalue weighted by Crippen LogP contribution is -2.13. The number of ether oxygens (including phenoxy) is 1. The van der Waals surface area contributed by atoms with Crippen LogP contribution in [0.3, 0.4) is 0 Å². The van der Waals surface area contributed by atoms with Gasteiger partial charge in [-0.15, -0.1) is 0 Å². The van der Waals surface area contributed by atoms with Gasteiger partial charge in [-0.3, -0.25) is 0 Å². The maximum absolute atomic E-state index is 6.20. The second-order valence-corrected chi connectivity index (χ2v) is 5.03. The fraction of sp³-hybridized carbons (Fsp3) is 0.500. The van der Waals surface area contributed by atoms with Crippen molar-refractivity contribution in [3.05, 3.63) is 28.8 Å². The van der Waals surface area contributed by atoms with Crippen molar-refractivity contribution in [3.8, 4) is 5.75 Å². The number of fused-ring (bicyclic) bond motifs is 1. The van der Waals surface area contributed by atoms with E-state index in [0.717, 1.165) is 23.7 Å². The van der Waals surface area contributed by atoms with Gasteiger partial charge in [-0.05, 0) is 36.3 Å². The van der Waals surface area contributed by atoms with E-state index in [1.807, 2.05) is 17.8 Å². The Morgan fingerprint density at radius 2 is 2.27 bits per heavy atom. The standard InChI is InChI=1S/C12H17NOS/c1-8-3-4-11(14-2)9-7-15-6-5-10(13)12(8)9/h3-4,10H,5-7,13H2,1-2H3/t10-/m0/s1. The summed E-state index contributed by atoms with van der Waals surface area (Å²) in [7, 11) is 1.73. The minimum Gasteiger partial charge on any atom is -0.496 e. The monoisotopic (exact) mass is 223 g/mol. The Morgan fingerprint density at radius 3 is 3.00 bits per heavy atom. The molecule has 0 spiro atoms. The van der Waals surface area contributed by atoms with E-state index in [0.29, 0.717) is 0 Å². The average molecular weight is 223 g/mol. The van der Waals surface area contributed by atoms with Gasteiger partial charge in [0.1, 0.15) is 5.75 Å². The van der Waals surface area contributed by atoms with Gasteiger partial charge in [0, 0.05) is 17.4 Å². The Labute approximate surface area is 95.2 Å². The predicted octanol–water partition coefficient (Wildman–Crippen LogP) is 2.64. The van der Waals surface area contributed by atoms with Crippen molar-refractivity contribution in [2.75, 3.05) is 12.9 Å². The molecule has 1 aromatic carbocycles. The molecule has 2 rings (SSSR count). The minimum absolute atomic E-state index is 0.171. The van der Waals surface area contributed by atoms with Gasteiger partial charge in [-0.1, -0.05) is 6.07 Å². The summed E-state index contributed by atoms with van der Waals surface area (Å²) in [5.74, 6) is 3.15. The first-order valence-electron chi connectivity index (χ1n) is 5.23. The molecule has 1 aliphatic heterocycles. The van der Waals surface area contributed by atoms with E-state index in [1.165, 1.54) is 16.7 Å². The topological polar surface area (TPSA) is 35.2 Å². The lowest BCUT2D eigenvalue weighted by atomic mass is 9.94. The van der Waals surface area contributed by atoms with Gasteiger partial charge < -0.3 is 10.5 Å². The number of hydrogen-bond donors (Lipinski definition) is 1. The van der Waals surface area contributed by atoms with Crippen molar-refractivity contribution in [3.63, 3.8) is 0 Å². The van der Waals surface area contributed by atoms with Crippen molar-refractivity contribution < 1.29 is 4.74 Å². The summed E-state index contributed by atoms with van der Waals surface area (Å²) >= 11 is 1.94. The molecule has 1 aromatic rings. The van der Waals surface area contributed by atoms with E-state index in [9.17, 15) is 0 Å². The van der Waals surface area contributed by atoms with Crippen LogP contribution in [0.5, 0.6) is 5.75 Å². The fourth-order valence-corrected chi connectivity index (χ4v) is 3.21. The third-order valence-corrected chi connectivity index (χ3v) is 3.96. The van der Waals surface area contributed by atoms with E-state index in [1.54, 1.807) is 7.11 Å². The molecule has 0 saturated heterocycles. The van der Waals surface area contributed by atoms with Crippen molar-refractivity contribution >= 4 is 11.8 Å². The molecule has 1 aliphatic rings. The molecule has 2 nitrogen and oxygen atoms in total. The van der Waals surface area contributed by atoms with Crippen LogP contribution in [0, 0.1) is 6.92 Å². The summed E-state index contributed by atoms with van der Waals surface area (Å²) < 4.78 is 5.40. The fourth-order valence-electron chi connectivity index (χ4n) is 2.15. The van der Waals surface area contributed by atoms with Crippen LogP contribution in [0.15, 0.2) is 12.1 Å². The number of aryl methyl sites for hydroxylation is 1. The van der Waals surface area contributed by atoms with Gasteiger partial charge in [0.25, 0.3) is 0 Å². The molecule has 82 valence electrons. The van der Waals surface area contributed by atoms with Crippen LogP contribution in [-0.2, 0) is 5.75 Å². The van der Waals surface area contributed by atoms with Gasteiger partial charge >= 0.3 is 0 Å². The Bertz CT molecular complexity index is 365. The van der Waals surface area contributed by atoms with Crippen molar-refractivity contribution in [1.29, 1.82) is 0 Å². The molecule has 0 saturated carbocycles. The van der Waals surface area contributed by atoms with E-state index in [4.69, 9.17) is 10.5 Å². The first-order valence-corrected chi connectivity index (χ1v) is 6.39. The van der Waals surface area contributed by atoms with E-state index in [2.05, 4.69) is 13.0 Å². The van der Waals surface area contributed by atoms with Crippen LogP contribution in [0.4, 0.5) is 0 Å². The van der Waals surface area contributed by atoms with Crippen LogP contribution < -0.4 is 10.5 Å². The molecule has 1 atom stereocenters. The zero-order chi connectivity index (χ0) is 10.8. The van der Waals surface area contributed by atoms with Gasteiger partial charge in [0.2, 0.25) is 0 Å². The lowest BCUT2D eigenvalue weighted by molar-refractivity contribution is 0.410. The zero-order valence-corrected chi connectivity index (χ0v) is 10.1. The number of thioether (sulfide) groups is 1. The summed E-state index contributed by atoms with van der Waals surface area (Å²) in [6.07, 6.45) is 1.06. The number of nitrogens with two attached hydrogens (primary N) is 1. The minimum atomic E-state index is 0.171. The van der Waals surface area contributed by atoms with Crippen molar-refractivity contribution in [1.82, 2.24) is 0 Å².